The van der Waals surface area contributed by atoms with E-state index in [-0.39, 0.29) is 30.4 Å². The van der Waals surface area contributed by atoms with Gasteiger partial charge >= 0.3 is 0 Å². The summed E-state index contributed by atoms with van der Waals surface area (Å²) in [7, 11) is -2.08. The number of hydrogen-bond donors (Lipinski definition) is 0. The number of ether oxygens (including phenoxy) is 1. The summed E-state index contributed by atoms with van der Waals surface area (Å²) in [5.74, 6) is -0.382. The molecule has 27 heavy (non-hydrogen) atoms. The van der Waals surface area contributed by atoms with Crippen LogP contribution in [0.3, 0.4) is 0 Å². The van der Waals surface area contributed by atoms with Crippen molar-refractivity contribution in [1.29, 1.82) is 0 Å². The van der Waals surface area contributed by atoms with E-state index in [1.54, 1.807) is 26.0 Å². The summed E-state index contributed by atoms with van der Waals surface area (Å²) in [4.78, 5) is 13.5. The van der Waals surface area contributed by atoms with E-state index in [2.05, 4.69) is 0 Å². The van der Waals surface area contributed by atoms with E-state index in [1.165, 1.54) is 23.5 Å². The van der Waals surface area contributed by atoms with Crippen LogP contribution >= 0.6 is 0 Å². The Bertz CT molecular complexity index is 677. The molecule has 154 valence electrons. The molecule has 0 N–H and O–H groups in total. The van der Waals surface area contributed by atoms with Gasteiger partial charge in [0.15, 0.2) is 0 Å². The fraction of sp³-hybridized carbons (Fsp3) is 0.611. The van der Waals surface area contributed by atoms with E-state index in [9.17, 15) is 22.0 Å². The van der Waals surface area contributed by atoms with Crippen LogP contribution < -0.4 is 0 Å². The number of benzene rings is 1. The van der Waals surface area contributed by atoms with E-state index >= 15 is 0 Å². The lowest BCUT2D eigenvalue weighted by Crippen LogP contribution is -2.37. The predicted molar refractivity (Wildman–Crippen MR) is 99.3 cm³/mol. The van der Waals surface area contributed by atoms with Gasteiger partial charge in [-0.05, 0) is 24.1 Å². The van der Waals surface area contributed by atoms with E-state index in [1.807, 2.05) is 0 Å². The van der Waals surface area contributed by atoms with Crippen molar-refractivity contribution >= 4 is 15.9 Å². The van der Waals surface area contributed by atoms with Crippen molar-refractivity contribution < 1.29 is 26.7 Å². The maximum absolute atomic E-state index is 12.6. The van der Waals surface area contributed by atoms with Crippen LogP contribution in [0.4, 0.5) is 8.78 Å². The lowest BCUT2D eigenvalue weighted by atomic mass is 10.1. The summed E-state index contributed by atoms with van der Waals surface area (Å²) in [5, 5.41) is 0. The smallest absolute Gasteiger partial charge is 0.255 e. The van der Waals surface area contributed by atoms with Crippen molar-refractivity contribution in [3.63, 3.8) is 0 Å². The molecular formula is C18H28F2N2O4S. The highest BCUT2D eigenvalue weighted by Gasteiger charge is 2.21. The number of carbonyl (C=O) groups excluding carboxylic acids is 1. The molecule has 0 heterocycles. The summed E-state index contributed by atoms with van der Waals surface area (Å²) < 4.78 is 56.3. The van der Waals surface area contributed by atoms with Gasteiger partial charge in [0, 0.05) is 33.2 Å². The Labute approximate surface area is 160 Å². The molecule has 0 fully saturated rings. The summed E-state index contributed by atoms with van der Waals surface area (Å²) in [6, 6.07) is 6.32. The molecule has 6 nitrogen and oxygen atoms in total. The van der Waals surface area contributed by atoms with Crippen molar-refractivity contribution in [3.8, 4) is 0 Å². The van der Waals surface area contributed by atoms with Crippen molar-refractivity contribution in [1.82, 2.24) is 9.21 Å². The van der Waals surface area contributed by atoms with Crippen LogP contribution in [-0.2, 0) is 26.0 Å². The highest BCUT2D eigenvalue weighted by Crippen LogP contribution is 2.17. The summed E-state index contributed by atoms with van der Waals surface area (Å²) in [6.07, 6.45) is -2.19. The molecule has 0 saturated heterocycles. The quantitative estimate of drug-likeness (QED) is 0.535. The number of sulfonamides is 1. The third-order valence-electron chi connectivity index (χ3n) is 4.17. The van der Waals surface area contributed by atoms with Crippen molar-refractivity contribution in [3.05, 3.63) is 29.8 Å². The number of hydrogen-bond acceptors (Lipinski definition) is 4. The predicted octanol–water partition coefficient (Wildman–Crippen LogP) is 2.39. The molecule has 0 atom stereocenters. The second-order valence-corrected chi connectivity index (χ2v) is 7.89. The molecular weight excluding hydrogens is 378 g/mol. The van der Waals surface area contributed by atoms with E-state index in [0.29, 0.717) is 19.5 Å². The van der Waals surface area contributed by atoms with Gasteiger partial charge in [-0.2, -0.15) is 4.31 Å². The Morgan fingerprint density at radius 1 is 1.15 bits per heavy atom. The van der Waals surface area contributed by atoms with Crippen LogP contribution in [0, 0.1) is 0 Å². The minimum Gasteiger partial charge on any atom is -0.383 e. The summed E-state index contributed by atoms with van der Waals surface area (Å²) >= 11 is 0. The zero-order chi connectivity index (χ0) is 20.4. The van der Waals surface area contributed by atoms with E-state index in [4.69, 9.17) is 4.74 Å². The van der Waals surface area contributed by atoms with Crippen LogP contribution in [0.2, 0.25) is 0 Å². The van der Waals surface area contributed by atoms with E-state index in [0.717, 1.165) is 10.5 Å². The van der Waals surface area contributed by atoms with Gasteiger partial charge in [-0.3, -0.25) is 4.79 Å². The summed E-state index contributed by atoms with van der Waals surface area (Å²) in [5.41, 5.74) is 0.769. The third-order valence-corrected chi connectivity index (χ3v) is 6.23. The zero-order valence-corrected chi connectivity index (χ0v) is 16.8. The SMILES string of the molecule is CCN(CC)S(=O)(=O)c1ccc(CCC(=O)N(CCOC)CC(F)F)cc1. The Hall–Kier alpha value is -1.58. The molecule has 0 saturated carbocycles. The monoisotopic (exact) mass is 406 g/mol. The largest absolute Gasteiger partial charge is 0.383 e. The number of rotatable bonds is 12. The number of alkyl halides is 2. The molecule has 0 aromatic heterocycles. The normalized spacial score (nSPS) is 12.0. The molecule has 1 aromatic rings. The molecule has 0 aliphatic rings. The summed E-state index contributed by atoms with van der Waals surface area (Å²) in [6.45, 7) is 4.00. The number of amides is 1. The highest BCUT2D eigenvalue weighted by molar-refractivity contribution is 7.89. The third kappa shape index (κ3) is 7.15. The topological polar surface area (TPSA) is 66.9 Å². The molecule has 0 aliphatic carbocycles. The molecule has 0 unspecified atom stereocenters. The first-order valence-electron chi connectivity index (χ1n) is 8.90. The van der Waals surface area contributed by atoms with Crippen LogP contribution in [0.1, 0.15) is 25.8 Å². The minimum absolute atomic E-state index is 0.0680. The van der Waals surface area contributed by atoms with Gasteiger partial charge in [0.2, 0.25) is 15.9 Å². The van der Waals surface area contributed by atoms with Gasteiger partial charge in [0.05, 0.1) is 18.0 Å². The maximum Gasteiger partial charge on any atom is 0.255 e. The molecule has 0 spiro atoms. The molecule has 1 amide bonds. The van der Waals surface area contributed by atoms with E-state index < -0.39 is 23.0 Å². The second-order valence-electron chi connectivity index (χ2n) is 5.96. The number of methoxy groups -OCH3 is 1. The number of aryl methyl sites for hydroxylation is 1. The van der Waals surface area contributed by atoms with Gasteiger partial charge in [-0.15, -0.1) is 0 Å². The fourth-order valence-electron chi connectivity index (χ4n) is 2.64. The van der Waals surface area contributed by atoms with Crippen molar-refractivity contribution in [2.75, 3.05) is 39.9 Å². The van der Waals surface area contributed by atoms with Crippen molar-refractivity contribution in [2.45, 2.75) is 38.0 Å². The zero-order valence-electron chi connectivity index (χ0n) is 16.0. The Kier molecular flexibility index (Phi) is 9.82. The standard InChI is InChI=1S/C18H28F2N2O4S/c1-4-22(5-2)27(24,25)16-9-6-15(7-10-16)8-11-18(23)21(12-13-26-3)14-17(19)20/h6-7,9-10,17H,4-5,8,11-14H2,1-3H3. The Morgan fingerprint density at radius 2 is 1.74 bits per heavy atom. The minimum atomic E-state index is -3.53. The fourth-order valence-corrected chi connectivity index (χ4v) is 4.09. The van der Waals surface area contributed by atoms with Crippen LogP contribution in [0.25, 0.3) is 0 Å². The first-order chi connectivity index (χ1) is 12.8. The average molecular weight is 406 g/mol. The molecule has 0 radical (unpaired) electrons. The number of carbonyl (C=O) groups is 1. The molecule has 1 rings (SSSR count). The number of halogens is 2. The molecule has 1 aromatic carbocycles. The number of nitrogens with zero attached hydrogens (tertiary/aromatic N) is 2. The van der Waals surface area contributed by atoms with Crippen LogP contribution in [0.5, 0.6) is 0 Å². The van der Waals surface area contributed by atoms with Gasteiger partial charge in [0.1, 0.15) is 0 Å². The Morgan fingerprint density at radius 3 is 2.22 bits per heavy atom. The first kappa shape index (κ1) is 23.5. The Balaban J connectivity index is 2.73. The van der Waals surface area contributed by atoms with Gasteiger partial charge < -0.3 is 9.64 Å². The maximum atomic E-state index is 12.6. The molecule has 0 aliphatic heterocycles. The molecule has 9 heteroatoms. The molecule has 0 bridgehead atoms. The van der Waals surface area contributed by atoms with Crippen LogP contribution in [0.15, 0.2) is 29.2 Å². The van der Waals surface area contributed by atoms with Crippen molar-refractivity contribution in [2.24, 2.45) is 0 Å². The highest BCUT2D eigenvalue weighted by atomic mass is 32.2. The van der Waals surface area contributed by atoms with Gasteiger partial charge in [-0.25, -0.2) is 17.2 Å². The first-order valence-corrected chi connectivity index (χ1v) is 10.3. The van der Waals surface area contributed by atoms with Gasteiger partial charge in [0.25, 0.3) is 6.43 Å². The lowest BCUT2D eigenvalue weighted by Gasteiger charge is -2.22. The second kappa shape index (κ2) is 11.3. The average Bonchev–Trinajstić information content (AvgIpc) is 2.64. The van der Waals surface area contributed by atoms with Crippen LogP contribution in [-0.4, -0.2) is 69.9 Å². The lowest BCUT2D eigenvalue weighted by molar-refractivity contribution is -0.133. The van der Waals surface area contributed by atoms with Gasteiger partial charge in [-0.1, -0.05) is 26.0 Å².